The number of anilines is 1. The molecule has 2 aliphatic rings. The van der Waals surface area contributed by atoms with E-state index in [0.717, 1.165) is 22.0 Å². The smallest absolute Gasteiger partial charge is 0.269 e. The van der Waals surface area contributed by atoms with Crippen molar-refractivity contribution in [2.24, 2.45) is 11.3 Å². The van der Waals surface area contributed by atoms with E-state index in [0.29, 0.717) is 28.8 Å². The highest BCUT2D eigenvalue weighted by Gasteiger charge is 2.46. The van der Waals surface area contributed by atoms with Crippen LogP contribution in [0.1, 0.15) is 37.4 Å². The van der Waals surface area contributed by atoms with Crippen LogP contribution in [0.2, 0.25) is 0 Å². The minimum atomic E-state index is -0.576. The average molecular weight is 528 g/mol. The van der Waals surface area contributed by atoms with Crippen LogP contribution in [0.25, 0.3) is 10.8 Å². The van der Waals surface area contributed by atoms with Crippen LogP contribution in [0.3, 0.4) is 0 Å². The Morgan fingerprint density at radius 3 is 2.68 bits per heavy atom. The molecule has 2 N–H and O–H groups in total. The monoisotopic (exact) mass is 527 g/mol. The van der Waals surface area contributed by atoms with Gasteiger partial charge in [0.05, 0.1) is 10.8 Å². The molecule has 0 amide bonds. The van der Waals surface area contributed by atoms with Crippen LogP contribution in [0, 0.1) is 21.4 Å². The zero-order valence-corrected chi connectivity index (χ0v) is 21.6. The second-order valence-corrected chi connectivity index (χ2v) is 11.3. The van der Waals surface area contributed by atoms with Crippen LogP contribution in [-0.2, 0) is 10.5 Å². The van der Waals surface area contributed by atoms with E-state index >= 15 is 0 Å². The van der Waals surface area contributed by atoms with E-state index < -0.39 is 16.9 Å². The number of allylic oxidation sites excluding steroid dienone is 2. The fourth-order valence-electron chi connectivity index (χ4n) is 5.41. The Hall–Kier alpha value is -4.18. The zero-order chi connectivity index (χ0) is 26.6. The first-order chi connectivity index (χ1) is 18.2. The van der Waals surface area contributed by atoms with Crippen LogP contribution in [-0.4, -0.2) is 30.6 Å². The highest BCUT2D eigenvalue weighted by Crippen LogP contribution is 2.49. The molecule has 0 saturated heterocycles. The van der Waals surface area contributed by atoms with Gasteiger partial charge in [0.2, 0.25) is 11.1 Å². The van der Waals surface area contributed by atoms with Crippen molar-refractivity contribution in [1.82, 2.24) is 14.8 Å². The molecule has 0 bridgehead atoms. The Balaban J connectivity index is 1.43. The van der Waals surface area contributed by atoms with Crippen LogP contribution in [0.15, 0.2) is 77.6 Å². The van der Waals surface area contributed by atoms with Gasteiger partial charge in [-0.05, 0) is 27.8 Å². The van der Waals surface area contributed by atoms with E-state index in [9.17, 15) is 20.0 Å². The molecule has 9 nitrogen and oxygen atoms in total. The number of Topliss-reactive ketones (excluding diaryl/α,β-unsaturated/α-hetero) is 1. The third kappa shape index (κ3) is 4.20. The molecule has 0 saturated carbocycles. The first-order valence-electron chi connectivity index (χ1n) is 12.3. The molecule has 4 aromatic rings. The Morgan fingerprint density at radius 1 is 1.16 bits per heavy atom. The Morgan fingerprint density at radius 2 is 1.92 bits per heavy atom. The number of phenolic OH excluding ortho intramolecular Hbond substituents is 1. The van der Waals surface area contributed by atoms with E-state index in [1.54, 1.807) is 22.9 Å². The highest BCUT2D eigenvalue weighted by atomic mass is 32.2. The van der Waals surface area contributed by atoms with Crippen molar-refractivity contribution in [3.8, 4) is 5.75 Å². The van der Waals surface area contributed by atoms with E-state index in [1.165, 1.54) is 23.9 Å². The maximum Gasteiger partial charge on any atom is 0.269 e. The van der Waals surface area contributed by atoms with Crippen molar-refractivity contribution in [3.63, 3.8) is 0 Å². The molecule has 2 atom stereocenters. The van der Waals surface area contributed by atoms with Gasteiger partial charge in [0, 0.05) is 35.6 Å². The molecule has 0 spiro atoms. The standard InChI is InChI=1S/C28H25N5O4S/c1-28(2)13-20-24(22(35)14-28)25(23-19-6-4-3-5-17(19)9-12-21(23)34)32-26(29-20)30-27(31-32)38-15-16-7-10-18(11-8-16)33(36)37/h3-13,24-25,34H,14-15H2,1-2H3,(H,29,30,31)/t24-,25-/m1/s1. The van der Waals surface area contributed by atoms with Gasteiger partial charge in [-0.2, -0.15) is 4.98 Å². The number of rotatable bonds is 5. The van der Waals surface area contributed by atoms with Gasteiger partial charge in [0.15, 0.2) is 0 Å². The summed E-state index contributed by atoms with van der Waals surface area (Å²) in [5.74, 6) is 0.666. The summed E-state index contributed by atoms with van der Waals surface area (Å²) in [6, 6.07) is 17.2. The Bertz CT molecular complexity index is 1630. The molecule has 0 fully saturated rings. The Kier molecular flexibility index (Phi) is 5.71. The molecule has 3 aromatic carbocycles. The largest absolute Gasteiger partial charge is 0.508 e. The van der Waals surface area contributed by atoms with E-state index in [2.05, 4.69) is 11.4 Å². The maximum atomic E-state index is 13.6. The lowest BCUT2D eigenvalue weighted by Crippen LogP contribution is -2.42. The van der Waals surface area contributed by atoms with Gasteiger partial charge in [0.1, 0.15) is 17.6 Å². The number of thioether (sulfide) groups is 1. The lowest BCUT2D eigenvalue weighted by Gasteiger charge is -2.40. The number of nitrogens with zero attached hydrogens (tertiary/aromatic N) is 4. The van der Waals surface area contributed by atoms with Gasteiger partial charge in [-0.1, -0.05) is 74.1 Å². The predicted octanol–water partition coefficient (Wildman–Crippen LogP) is 5.85. The van der Waals surface area contributed by atoms with Crippen molar-refractivity contribution < 1.29 is 14.8 Å². The molecule has 0 unspecified atom stereocenters. The van der Waals surface area contributed by atoms with Crippen LogP contribution >= 0.6 is 11.8 Å². The van der Waals surface area contributed by atoms with Crippen molar-refractivity contribution in [2.45, 2.75) is 37.2 Å². The van der Waals surface area contributed by atoms with Gasteiger partial charge >= 0.3 is 0 Å². The van der Waals surface area contributed by atoms with E-state index in [4.69, 9.17) is 10.1 Å². The minimum absolute atomic E-state index is 0.0414. The van der Waals surface area contributed by atoms with Gasteiger partial charge < -0.3 is 10.4 Å². The highest BCUT2D eigenvalue weighted by molar-refractivity contribution is 7.98. The zero-order valence-electron chi connectivity index (χ0n) is 20.8. The number of benzene rings is 3. The number of nitrogens with one attached hydrogen (secondary N) is 1. The molecule has 192 valence electrons. The summed E-state index contributed by atoms with van der Waals surface area (Å²) in [4.78, 5) is 28.9. The number of ketones is 1. The van der Waals surface area contributed by atoms with Crippen molar-refractivity contribution >= 4 is 40.0 Å². The number of phenols is 1. The number of non-ortho nitro benzene ring substituents is 1. The second-order valence-electron chi connectivity index (χ2n) is 10.4. The van der Waals surface area contributed by atoms with Gasteiger partial charge in [-0.25, -0.2) is 4.68 Å². The molecular weight excluding hydrogens is 502 g/mol. The topological polar surface area (TPSA) is 123 Å². The number of fused-ring (bicyclic) bond motifs is 3. The molecule has 2 heterocycles. The van der Waals surface area contributed by atoms with E-state index in [1.807, 2.05) is 44.2 Å². The van der Waals surface area contributed by atoms with Crippen molar-refractivity contribution in [1.29, 1.82) is 0 Å². The summed E-state index contributed by atoms with van der Waals surface area (Å²) >= 11 is 1.40. The number of nitro groups is 1. The van der Waals surface area contributed by atoms with Crippen LogP contribution in [0.4, 0.5) is 11.6 Å². The maximum absolute atomic E-state index is 13.6. The first kappa shape index (κ1) is 24.2. The summed E-state index contributed by atoms with van der Waals surface area (Å²) in [5.41, 5.74) is 2.05. The molecular formula is C28H25N5O4S. The molecule has 1 aromatic heterocycles. The Labute approximate surface area is 222 Å². The second kappa shape index (κ2) is 8.98. The van der Waals surface area contributed by atoms with Gasteiger partial charge in [-0.15, -0.1) is 5.10 Å². The minimum Gasteiger partial charge on any atom is -0.508 e. The summed E-state index contributed by atoms with van der Waals surface area (Å²) in [7, 11) is 0. The quantitative estimate of drug-likeness (QED) is 0.188. The molecule has 6 rings (SSSR count). The average Bonchev–Trinajstić information content (AvgIpc) is 3.28. The summed E-state index contributed by atoms with van der Waals surface area (Å²) in [5, 5.41) is 32.5. The number of hydrogen-bond acceptors (Lipinski definition) is 8. The lowest BCUT2D eigenvalue weighted by atomic mass is 9.71. The SMILES string of the molecule is CC1(C)C=C2Nc3nc(SCc4ccc([N+](=O)[O-])cc4)nn3[C@H](c3c(O)ccc4ccccc34)[C@H]2C(=O)C1. The number of aromatic nitrogens is 3. The van der Waals surface area contributed by atoms with Gasteiger partial charge in [-0.3, -0.25) is 14.9 Å². The number of carbonyl (C=O) groups excluding carboxylic acids is 1. The molecule has 1 aliphatic carbocycles. The summed E-state index contributed by atoms with van der Waals surface area (Å²) < 4.78 is 1.72. The predicted molar refractivity (Wildman–Crippen MR) is 145 cm³/mol. The third-order valence-electron chi connectivity index (χ3n) is 7.06. The van der Waals surface area contributed by atoms with Gasteiger partial charge in [0.25, 0.3) is 5.69 Å². The molecule has 1 aliphatic heterocycles. The van der Waals surface area contributed by atoms with Crippen molar-refractivity contribution in [2.75, 3.05) is 5.32 Å². The fourth-order valence-corrected chi connectivity index (χ4v) is 6.20. The van der Waals surface area contributed by atoms with Crippen LogP contribution in [0.5, 0.6) is 5.75 Å². The molecule has 0 radical (unpaired) electrons. The lowest BCUT2D eigenvalue weighted by molar-refractivity contribution is -0.384. The van der Waals surface area contributed by atoms with Crippen molar-refractivity contribution in [3.05, 3.63) is 93.7 Å². The summed E-state index contributed by atoms with van der Waals surface area (Å²) in [6.45, 7) is 4.07. The molecule has 38 heavy (non-hydrogen) atoms. The number of hydrogen-bond donors (Lipinski definition) is 2. The van der Waals surface area contributed by atoms with Crippen LogP contribution < -0.4 is 5.32 Å². The molecule has 10 heteroatoms. The first-order valence-corrected chi connectivity index (χ1v) is 13.2. The summed E-state index contributed by atoms with van der Waals surface area (Å²) in [6.07, 6.45) is 2.48. The normalized spacial score (nSPS) is 19.8. The third-order valence-corrected chi connectivity index (χ3v) is 7.97. The number of nitro benzene ring substituents is 1. The number of aromatic hydroxyl groups is 1. The fraction of sp³-hybridized carbons (Fsp3) is 0.250. The number of carbonyl (C=O) groups is 1. The van der Waals surface area contributed by atoms with E-state index in [-0.39, 0.29) is 22.6 Å².